The molecule has 0 bridgehead atoms. The molecule has 0 aliphatic rings. The van der Waals surface area contributed by atoms with Gasteiger partial charge in [0.25, 0.3) is 5.91 Å². The Labute approximate surface area is 266 Å². The number of benzene rings is 3. The summed E-state index contributed by atoms with van der Waals surface area (Å²) >= 11 is 0. The molecule has 0 saturated carbocycles. The van der Waals surface area contributed by atoms with E-state index in [0.29, 0.717) is 33.8 Å². The predicted octanol–water partition coefficient (Wildman–Crippen LogP) is 5.75. The summed E-state index contributed by atoms with van der Waals surface area (Å²) in [4.78, 5) is 25.0. The molecule has 214 valence electrons. The van der Waals surface area contributed by atoms with Gasteiger partial charge in [0.15, 0.2) is 0 Å². The Balaban J connectivity index is 0.00000484. The van der Waals surface area contributed by atoms with E-state index in [4.69, 9.17) is 5.11 Å². The number of nitrogens with zero attached hydrogens (tertiary/aromatic N) is 1. The first kappa shape index (κ1) is 33.0. The van der Waals surface area contributed by atoms with Crippen LogP contribution >= 0.6 is 0 Å². The summed E-state index contributed by atoms with van der Waals surface area (Å²) in [6.45, 7) is 3.87. The molecule has 7 nitrogen and oxygen atoms in total. The number of carboxylic acids is 1. The van der Waals surface area contributed by atoms with Crippen LogP contribution in [0.15, 0.2) is 91.0 Å². The first-order chi connectivity index (χ1) is 19.7. The minimum absolute atomic E-state index is 0. The Morgan fingerprint density at radius 3 is 2.02 bits per heavy atom. The summed E-state index contributed by atoms with van der Waals surface area (Å²) in [5.41, 5.74) is 4.34. The van der Waals surface area contributed by atoms with E-state index in [1.54, 1.807) is 30.3 Å². The number of aliphatic hydroxyl groups excluding tert-OH is 2. The third-order valence-electron chi connectivity index (χ3n) is 6.60. The van der Waals surface area contributed by atoms with Crippen molar-refractivity contribution in [1.29, 1.82) is 0 Å². The topological polar surface area (TPSA) is 112 Å². The Hall–Kier alpha value is -3.53. The quantitative estimate of drug-likeness (QED) is 0.169. The first-order valence-electron chi connectivity index (χ1n) is 13.4. The molecule has 2 atom stereocenters. The van der Waals surface area contributed by atoms with Gasteiger partial charge in [-0.1, -0.05) is 66.7 Å². The zero-order valence-corrected chi connectivity index (χ0v) is 22.9. The second kappa shape index (κ2) is 15.1. The maximum absolute atomic E-state index is 14.0. The number of carbonyl (C=O) groups is 2. The normalized spacial score (nSPS) is 12.6. The molecule has 1 aromatic heterocycles. The molecule has 0 aliphatic carbocycles. The monoisotopic (exact) mass is 580 g/mol. The van der Waals surface area contributed by atoms with Crippen molar-refractivity contribution in [1.82, 2.24) is 4.57 Å². The Morgan fingerprint density at radius 2 is 1.45 bits per heavy atom. The second-order valence-corrected chi connectivity index (χ2v) is 10.1. The summed E-state index contributed by atoms with van der Waals surface area (Å²) in [6, 6.07) is 24.3. The molecule has 0 fully saturated rings. The van der Waals surface area contributed by atoms with E-state index < -0.39 is 30.4 Å². The van der Waals surface area contributed by atoms with Gasteiger partial charge in [-0.05, 0) is 55.3 Å². The number of amides is 1. The molecular formula is C33H34FN2NaO5. The fourth-order valence-corrected chi connectivity index (χ4v) is 4.88. The molecule has 3 aromatic carbocycles. The van der Waals surface area contributed by atoms with Crippen LogP contribution in [0.4, 0.5) is 10.1 Å². The van der Waals surface area contributed by atoms with Gasteiger partial charge >= 0.3 is 35.5 Å². The van der Waals surface area contributed by atoms with Crippen LogP contribution in [0.25, 0.3) is 28.3 Å². The van der Waals surface area contributed by atoms with E-state index in [2.05, 4.69) is 5.32 Å². The molecule has 42 heavy (non-hydrogen) atoms. The van der Waals surface area contributed by atoms with Crippen molar-refractivity contribution >= 4 is 53.2 Å². The SMILES string of the molecule is CC(C)n1c(/C=C/[C@H](O)C[C@@H](O)CC(=O)O)c(-c2ccc(F)cc2)c(-c2ccccc2)c1C(=O)Nc1ccccc1.[NaH]. The summed E-state index contributed by atoms with van der Waals surface area (Å²) in [5, 5.41) is 32.6. The Morgan fingerprint density at radius 1 is 0.881 bits per heavy atom. The molecule has 1 amide bonds. The number of anilines is 1. The predicted molar refractivity (Wildman–Crippen MR) is 165 cm³/mol. The third kappa shape index (κ3) is 8.06. The molecule has 0 radical (unpaired) electrons. The van der Waals surface area contributed by atoms with Crippen molar-refractivity contribution in [3.05, 3.63) is 108 Å². The summed E-state index contributed by atoms with van der Waals surface area (Å²) in [7, 11) is 0. The van der Waals surface area contributed by atoms with Crippen LogP contribution in [0.2, 0.25) is 0 Å². The number of aliphatic carboxylic acids is 1. The van der Waals surface area contributed by atoms with E-state index in [1.165, 1.54) is 18.2 Å². The van der Waals surface area contributed by atoms with Gasteiger partial charge in [0.2, 0.25) is 0 Å². The van der Waals surface area contributed by atoms with Crippen LogP contribution in [-0.4, -0.2) is 73.5 Å². The van der Waals surface area contributed by atoms with Crippen LogP contribution in [0.3, 0.4) is 0 Å². The standard InChI is InChI=1S/C33H33FN2O5.Na.H/c1-21(2)36-28(18-17-26(37)19-27(38)20-29(39)40)30(23-13-15-24(34)16-14-23)31(22-9-5-3-6-10-22)32(36)33(41)35-25-11-7-4-8-12-25;;/h3-18,21,26-27,37-38H,19-20H2,1-2H3,(H,35,41)(H,39,40);;/b18-17+;;/t26-,27+;;/m0../s1. The van der Waals surface area contributed by atoms with Crippen molar-refractivity contribution in [2.24, 2.45) is 0 Å². The van der Waals surface area contributed by atoms with Crippen molar-refractivity contribution < 1.29 is 29.3 Å². The van der Waals surface area contributed by atoms with Gasteiger partial charge in [0.05, 0.1) is 18.6 Å². The van der Waals surface area contributed by atoms with Crippen molar-refractivity contribution in [3.8, 4) is 22.3 Å². The van der Waals surface area contributed by atoms with Crippen molar-refractivity contribution in [2.75, 3.05) is 5.32 Å². The minimum atomic E-state index is -1.23. The van der Waals surface area contributed by atoms with Gasteiger partial charge < -0.3 is 25.2 Å². The number of halogens is 1. The van der Waals surface area contributed by atoms with Gasteiger partial charge in [-0.2, -0.15) is 0 Å². The first-order valence-corrected chi connectivity index (χ1v) is 13.4. The van der Waals surface area contributed by atoms with Gasteiger partial charge in [-0.15, -0.1) is 0 Å². The van der Waals surface area contributed by atoms with Crippen LogP contribution in [-0.2, 0) is 4.79 Å². The number of hydrogen-bond acceptors (Lipinski definition) is 4. The average Bonchev–Trinajstić information content (AvgIpc) is 3.28. The van der Waals surface area contributed by atoms with Crippen molar-refractivity contribution in [2.45, 2.75) is 44.9 Å². The fourth-order valence-electron chi connectivity index (χ4n) is 4.88. The number of hydrogen-bond donors (Lipinski definition) is 4. The number of aromatic nitrogens is 1. The molecular weight excluding hydrogens is 546 g/mol. The van der Waals surface area contributed by atoms with Gasteiger partial charge in [-0.3, -0.25) is 9.59 Å². The summed E-state index contributed by atoms with van der Waals surface area (Å²) < 4.78 is 15.9. The van der Waals surface area contributed by atoms with E-state index in [-0.39, 0.29) is 47.9 Å². The molecule has 0 unspecified atom stereocenters. The number of carbonyl (C=O) groups excluding carboxylic acids is 1. The van der Waals surface area contributed by atoms with Crippen LogP contribution in [0, 0.1) is 5.82 Å². The van der Waals surface area contributed by atoms with Gasteiger partial charge in [0, 0.05) is 35.0 Å². The Bertz CT molecular complexity index is 1520. The van der Waals surface area contributed by atoms with Crippen LogP contribution < -0.4 is 5.32 Å². The zero-order valence-electron chi connectivity index (χ0n) is 22.9. The summed E-state index contributed by atoms with van der Waals surface area (Å²) in [6.07, 6.45) is 0.0955. The van der Waals surface area contributed by atoms with Gasteiger partial charge in [0.1, 0.15) is 11.5 Å². The maximum atomic E-state index is 14.0. The molecule has 9 heteroatoms. The number of aliphatic hydroxyl groups is 2. The van der Waals surface area contributed by atoms with E-state index in [1.807, 2.05) is 66.9 Å². The molecule has 4 N–H and O–H groups in total. The molecule has 0 spiro atoms. The van der Waals surface area contributed by atoms with Crippen LogP contribution in [0.1, 0.15) is 48.9 Å². The van der Waals surface area contributed by atoms with Crippen LogP contribution in [0.5, 0.6) is 0 Å². The van der Waals surface area contributed by atoms with E-state index in [0.717, 1.165) is 5.56 Å². The second-order valence-electron chi connectivity index (χ2n) is 10.1. The molecule has 4 rings (SSSR count). The van der Waals surface area contributed by atoms with E-state index in [9.17, 15) is 24.2 Å². The number of para-hydroxylation sites is 1. The van der Waals surface area contributed by atoms with E-state index >= 15 is 0 Å². The number of carboxylic acid groups (broad SMARTS) is 1. The number of nitrogens with one attached hydrogen (secondary N) is 1. The van der Waals surface area contributed by atoms with Gasteiger partial charge in [-0.25, -0.2) is 4.39 Å². The molecule has 1 heterocycles. The molecule has 0 saturated heterocycles. The number of rotatable bonds is 11. The van der Waals surface area contributed by atoms with Crippen molar-refractivity contribution in [3.63, 3.8) is 0 Å². The molecule has 0 aliphatic heterocycles. The fraction of sp³-hybridized carbons (Fsp3) is 0.212. The summed E-state index contributed by atoms with van der Waals surface area (Å²) in [5.74, 6) is -1.91. The molecule has 4 aromatic rings. The Kier molecular flexibility index (Phi) is 11.8. The zero-order chi connectivity index (χ0) is 29.5. The average molecular weight is 581 g/mol. The third-order valence-corrected chi connectivity index (χ3v) is 6.60.